The van der Waals surface area contributed by atoms with Gasteiger partial charge in [-0.3, -0.25) is 0 Å². The highest BCUT2D eigenvalue weighted by atomic mass is 16.5. The Bertz CT molecular complexity index is 267. The van der Waals surface area contributed by atoms with E-state index in [4.69, 9.17) is 9.47 Å². The number of likely N-dealkylation sites (N-methyl/N-ethyl adjacent to an activating group) is 1. The van der Waals surface area contributed by atoms with Gasteiger partial charge in [-0.15, -0.1) is 0 Å². The van der Waals surface area contributed by atoms with Crippen LogP contribution in [0.5, 0.6) is 11.6 Å². The van der Waals surface area contributed by atoms with Crippen molar-refractivity contribution in [2.75, 3.05) is 27.8 Å². The summed E-state index contributed by atoms with van der Waals surface area (Å²) in [6.45, 7) is 0.873. The van der Waals surface area contributed by atoms with Crippen LogP contribution < -0.4 is 14.8 Å². The number of nitrogens with zero attached hydrogens (tertiary/aromatic N) is 1. The van der Waals surface area contributed by atoms with Gasteiger partial charge in [-0.05, 0) is 26.1 Å². The first-order valence-corrected chi connectivity index (χ1v) is 4.54. The molecule has 1 N–H and O–H groups in total. The molecule has 4 nitrogen and oxygen atoms in total. The molecule has 0 saturated carbocycles. The SMILES string of the molecule is CNCCc1c(OC)ccnc1OC. The van der Waals surface area contributed by atoms with Gasteiger partial charge in [0.2, 0.25) is 5.88 Å². The van der Waals surface area contributed by atoms with Gasteiger partial charge in [-0.2, -0.15) is 0 Å². The van der Waals surface area contributed by atoms with Crippen molar-refractivity contribution in [1.82, 2.24) is 10.3 Å². The second-order valence-electron chi connectivity index (χ2n) is 2.85. The Hall–Kier alpha value is -1.29. The number of methoxy groups -OCH3 is 2. The molecule has 4 heteroatoms. The van der Waals surface area contributed by atoms with Crippen molar-refractivity contribution in [3.8, 4) is 11.6 Å². The summed E-state index contributed by atoms with van der Waals surface area (Å²) >= 11 is 0. The molecule has 1 heterocycles. The summed E-state index contributed by atoms with van der Waals surface area (Å²) in [5, 5.41) is 3.08. The highest BCUT2D eigenvalue weighted by Gasteiger charge is 2.09. The first kappa shape index (κ1) is 10.8. The van der Waals surface area contributed by atoms with Crippen molar-refractivity contribution in [2.45, 2.75) is 6.42 Å². The maximum Gasteiger partial charge on any atom is 0.220 e. The van der Waals surface area contributed by atoms with Crippen LogP contribution in [-0.4, -0.2) is 32.8 Å². The minimum atomic E-state index is 0.639. The van der Waals surface area contributed by atoms with Crippen molar-refractivity contribution < 1.29 is 9.47 Å². The highest BCUT2D eigenvalue weighted by molar-refractivity contribution is 5.39. The molecular formula is C10H16N2O2. The maximum atomic E-state index is 5.24. The molecule has 1 rings (SSSR count). The number of hydrogen-bond acceptors (Lipinski definition) is 4. The Morgan fingerprint density at radius 3 is 2.71 bits per heavy atom. The largest absolute Gasteiger partial charge is 0.496 e. The van der Waals surface area contributed by atoms with Gasteiger partial charge in [0.05, 0.1) is 19.8 Å². The van der Waals surface area contributed by atoms with Gasteiger partial charge in [0.25, 0.3) is 0 Å². The molecule has 0 aliphatic rings. The van der Waals surface area contributed by atoms with Crippen LogP contribution >= 0.6 is 0 Å². The van der Waals surface area contributed by atoms with Crippen LogP contribution in [0.4, 0.5) is 0 Å². The third-order valence-electron chi connectivity index (χ3n) is 2.01. The summed E-state index contributed by atoms with van der Waals surface area (Å²) < 4.78 is 10.4. The lowest BCUT2D eigenvalue weighted by molar-refractivity contribution is 0.373. The van der Waals surface area contributed by atoms with E-state index in [1.807, 2.05) is 13.1 Å². The predicted molar refractivity (Wildman–Crippen MR) is 55.0 cm³/mol. The maximum absolute atomic E-state index is 5.24. The molecular weight excluding hydrogens is 180 g/mol. The van der Waals surface area contributed by atoms with E-state index >= 15 is 0 Å². The molecule has 0 aromatic carbocycles. The monoisotopic (exact) mass is 196 g/mol. The van der Waals surface area contributed by atoms with E-state index in [1.54, 1.807) is 20.4 Å². The topological polar surface area (TPSA) is 43.4 Å². The quantitative estimate of drug-likeness (QED) is 0.758. The molecule has 0 atom stereocenters. The fourth-order valence-corrected chi connectivity index (χ4v) is 1.30. The van der Waals surface area contributed by atoms with Gasteiger partial charge in [-0.25, -0.2) is 4.98 Å². The van der Waals surface area contributed by atoms with Crippen molar-refractivity contribution in [2.24, 2.45) is 0 Å². The van der Waals surface area contributed by atoms with E-state index in [-0.39, 0.29) is 0 Å². The number of rotatable bonds is 5. The minimum absolute atomic E-state index is 0.639. The van der Waals surface area contributed by atoms with Crippen LogP contribution in [0.3, 0.4) is 0 Å². The van der Waals surface area contributed by atoms with Crippen molar-refractivity contribution in [3.63, 3.8) is 0 Å². The van der Waals surface area contributed by atoms with Gasteiger partial charge in [0.15, 0.2) is 0 Å². The second-order valence-corrected chi connectivity index (χ2v) is 2.85. The lowest BCUT2D eigenvalue weighted by Gasteiger charge is -2.11. The summed E-state index contributed by atoms with van der Waals surface area (Å²) in [4.78, 5) is 4.13. The van der Waals surface area contributed by atoms with Gasteiger partial charge in [0, 0.05) is 6.20 Å². The van der Waals surface area contributed by atoms with Crippen molar-refractivity contribution in [3.05, 3.63) is 17.8 Å². The van der Waals surface area contributed by atoms with Crippen LogP contribution in [0.2, 0.25) is 0 Å². The molecule has 0 spiro atoms. The van der Waals surface area contributed by atoms with Crippen LogP contribution in [0.25, 0.3) is 0 Å². The summed E-state index contributed by atoms with van der Waals surface area (Å²) in [6.07, 6.45) is 2.53. The second kappa shape index (κ2) is 5.44. The summed E-state index contributed by atoms with van der Waals surface area (Å²) in [7, 11) is 5.18. The van der Waals surface area contributed by atoms with Gasteiger partial charge in [0.1, 0.15) is 5.75 Å². The van der Waals surface area contributed by atoms with Crippen LogP contribution in [0.1, 0.15) is 5.56 Å². The number of hydrogen-bond donors (Lipinski definition) is 1. The lowest BCUT2D eigenvalue weighted by Crippen LogP contribution is -2.12. The van der Waals surface area contributed by atoms with E-state index in [0.717, 1.165) is 24.3 Å². The number of pyridine rings is 1. The molecule has 0 bridgehead atoms. The highest BCUT2D eigenvalue weighted by Crippen LogP contribution is 2.25. The first-order valence-electron chi connectivity index (χ1n) is 4.54. The molecule has 0 aliphatic carbocycles. The van der Waals surface area contributed by atoms with Gasteiger partial charge >= 0.3 is 0 Å². The Kier molecular flexibility index (Phi) is 4.19. The Morgan fingerprint density at radius 1 is 1.36 bits per heavy atom. The molecule has 0 fully saturated rings. The Morgan fingerprint density at radius 2 is 2.14 bits per heavy atom. The Balaban J connectivity index is 2.93. The normalized spacial score (nSPS) is 9.93. The molecule has 14 heavy (non-hydrogen) atoms. The molecule has 1 aromatic rings. The van der Waals surface area contributed by atoms with E-state index < -0.39 is 0 Å². The van der Waals surface area contributed by atoms with Crippen LogP contribution in [0, 0.1) is 0 Å². The Labute approximate surface area is 84.3 Å². The molecule has 1 aromatic heterocycles. The van der Waals surface area contributed by atoms with Crippen molar-refractivity contribution in [1.29, 1.82) is 0 Å². The smallest absolute Gasteiger partial charge is 0.220 e. The van der Waals surface area contributed by atoms with Gasteiger partial charge in [-0.1, -0.05) is 0 Å². The third kappa shape index (κ3) is 2.35. The van der Waals surface area contributed by atoms with Crippen molar-refractivity contribution >= 4 is 0 Å². The molecule has 0 unspecified atom stereocenters. The molecule has 0 radical (unpaired) electrons. The molecule has 0 aliphatic heterocycles. The van der Waals surface area contributed by atoms with E-state index in [1.165, 1.54) is 0 Å². The molecule has 0 amide bonds. The van der Waals surface area contributed by atoms with E-state index in [2.05, 4.69) is 10.3 Å². The average molecular weight is 196 g/mol. The predicted octanol–water partition coefficient (Wildman–Crippen LogP) is 0.861. The average Bonchev–Trinajstić information content (AvgIpc) is 2.25. The minimum Gasteiger partial charge on any atom is -0.496 e. The molecule has 0 saturated heterocycles. The number of ether oxygens (including phenoxy) is 2. The standard InChI is InChI=1S/C10H16N2O2/c1-11-6-4-8-9(13-2)5-7-12-10(8)14-3/h5,7,11H,4,6H2,1-3H3. The third-order valence-corrected chi connectivity index (χ3v) is 2.01. The lowest BCUT2D eigenvalue weighted by atomic mass is 10.2. The van der Waals surface area contributed by atoms with Crippen LogP contribution in [0.15, 0.2) is 12.3 Å². The summed E-state index contributed by atoms with van der Waals surface area (Å²) in [5.41, 5.74) is 1.01. The zero-order valence-electron chi connectivity index (χ0n) is 8.83. The fourth-order valence-electron chi connectivity index (χ4n) is 1.30. The van der Waals surface area contributed by atoms with E-state index in [0.29, 0.717) is 5.88 Å². The number of aromatic nitrogens is 1. The zero-order chi connectivity index (χ0) is 10.4. The number of nitrogens with one attached hydrogen (secondary N) is 1. The van der Waals surface area contributed by atoms with Crippen LogP contribution in [-0.2, 0) is 6.42 Å². The zero-order valence-corrected chi connectivity index (χ0v) is 8.83. The molecule has 78 valence electrons. The fraction of sp³-hybridized carbons (Fsp3) is 0.500. The van der Waals surface area contributed by atoms with E-state index in [9.17, 15) is 0 Å². The van der Waals surface area contributed by atoms with Gasteiger partial charge < -0.3 is 14.8 Å². The first-order chi connectivity index (χ1) is 6.83. The summed E-state index contributed by atoms with van der Waals surface area (Å²) in [6, 6.07) is 1.84. The summed E-state index contributed by atoms with van der Waals surface area (Å²) in [5.74, 6) is 1.46.